The smallest absolute Gasteiger partial charge is 0.147 e. The number of halogens is 2. The van der Waals surface area contributed by atoms with Crippen LogP contribution < -0.4 is 0 Å². The van der Waals surface area contributed by atoms with E-state index in [1.165, 1.54) is 0 Å². The Labute approximate surface area is 105 Å². The Balaban J connectivity index is 3.01. The van der Waals surface area contributed by atoms with E-state index in [-0.39, 0.29) is 0 Å². The van der Waals surface area contributed by atoms with E-state index in [4.69, 9.17) is 11.6 Å². The molecule has 0 aliphatic carbocycles. The molecular weight excluding hydrogens is 275 g/mol. The molecule has 0 bridgehead atoms. The van der Waals surface area contributed by atoms with Gasteiger partial charge in [0.2, 0.25) is 0 Å². The van der Waals surface area contributed by atoms with Gasteiger partial charge in [-0.15, -0.1) is 0 Å². The zero-order valence-electron chi connectivity index (χ0n) is 9.35. The minimum Gasteiger partial charge on any atom is -0.237 e. The maximum absolute atomic E-state index is 6.04. The molecule has 0 atom stereocenters. The summed E-state index contributed by atoms with van der Waals surface area (Å²) in [5.74, 6) is 1.42. The summed E-state index contributed by atoms with van der Waals surface area (Å²) in [5.41, 5.74) is 1.02. The van der Waals surface area contributed by atoms with E-state index in [1.54, 1.807) is 0 Å². The van der Waals surface area contributed by atoms with Crippen molar-refractivity contribution in [3.05, 3.63) is 21.1 Å². The number of nitrogens with zero attached hydrogens (tertiary/aromatic N) is 2. The van der Waals surface area contributed by atoms with Gasteiger partial charge in [0, 0.05) is 6.42 Å². The summed E-state index contributed by atoms with van der Waals surface area (Å²) in [5, 5.41) is 0.532. The van der Waals surface area contributed by atoms with Gasteiger partial charge >= 0.3 is 0 Å². The van der Waals surface area contributed by atoms with Crippen molar-refractivity contribution in [2.75, 3.05) is 0 Å². The Bertz CT molecular complexity index is 340. The molecule has 0 amide bonds. The van der Waals surface area contributed by atoms with Crippen LogP contribution in [0, 0.1) is 5.92 Å². The van der Waals surface area contributed by atoms with Gasteiger partial charge in [0.1, 0.15) is 11.0 Å². The first-order valence-electron chi connectivity index (χ1n) is 5.25. The molecule has 0 aliphatic rings. The first-order valence-corrected chi connectivity index (χ1v) is 6.42. The fourth-order valence-corrected chi connectivity index (χ4v) is 1.91. The molecule has 0 radical (unpaired) electrons. The van der Waals surface area contributed by atoms with Gasteiger partial charge in [-0.1, -0.05) is 32.4 Å². The van der Waals surface area contributed by atoms with E-state index in [0.717, 1.165) is 35.3 Å². The summed E-state index contributed by atoms with van der Waals surface area (Å²) in [6.45, 7) is 6.45. The molecule has 0 N–H and O–H groups in total. The zero-order valence-corrected chi connectivity index (χ0v) is 11.7. The standard InChI is InChI=1S/C11H16BrClN2/c1-4-5-9-14-8(6-7(2)3)10(12)11(13)15-9/h7H,4-6H2,1-3H3. The van der Waals surface area contributed by atoms with Gasteiger partial charge in [-0.25, -0.2) is 9.97 Å². The third kappa shape index (κ3) is 3.72. The summed E-state index contributed by atoms with van der Waals surface area (Å²) >= 11 is 9.48. The van der Waals surface area contributed by atoms with Crippen LogP contribution in [0.1, 0.15) is 38.7 Å². The van der Waals surface area contributed by atoms with Crippen molar-refractivity contribution >= 4 is 27.5 Å². The SMILES string of the molecule is CCCc1nc(Cl)c(Br)c(CC(C)C)n1. The van der Waals surface area contributed by atoms with Gasteiger partial charge in [-0.05, 0) is 34.7 Å². The summed E-state index contributed by atoms with van der Waals surface area (Å²) in [6, 6.07) is 0. The molecule has 0 saturated carbocycles. The van der Waals surface area contributed by atoms with Crippen LogP contribution in [-0.2, 0) is 12.8 Å². The van der Waals surface area contributed by atoms with Crippen molar-refractivity contribution in [3.63, 3.8) is 0 Å². The monoisotopic (exact) mass is 290 g/mol. The summed E-state index contributed by atoms with van der Waals surface area (Å²) in [7, 11) is 0. The average Bonchev–Trinajstić information content (AvgIpc) is 2.13. The summed E-state index contributed by atoms with van der Waals surface area (Å²) < 4.78 is 0.845. The van der Waals surface area contributed by atoms with Crippen LogP contribution in [-0.4, -0.2) is 9.97 Å². The molecule has 15 heavy (non-hydrogen) atoms. The molecule has 0 spiro atoms. The van der Waals surface area contributed by atoms with Gasteiger partial charge in [0.05, 0.1) is 10.2 Å². The Hall–Kier alpha value is -0.150. The topological polar surface area (TPSA) is 25.8 Å². The van der Waals surface area contributed by atoms with Crippen molar-refractivity contribution in [1.29, 1.82) is 0 Å². The van der Waals surface area contributed by atoms with Crippen molar-refractivity contribution in [3.8, 4) is 0 Å². The Morgan fingerprint density at radius 2 is 2.00 bits per heavy atom. The first kappa shape index (κ1) is 12.9. The van der Waals surface area contributed by atoms with Crippen molar-refractivity contribution in [1.82, 2.24) is 9.97 Å². The highest BCUT2D eigenvalue weighted by atomic mass is 79.9. The van der Waals surface area contributed by atoms with Gasteiger partial charge in [0.15, 0.2) is 0 Å². The third-order valence-electron chi connectivity index (χ3n) is 2.00. The quantitative estimate of drug-likeness (QED) is 0.782. The number of aryl methyl sites for hydroxylation is 1. The van der Waals surface area contributed by atoms with Crippen molar-refractivity contribution < 1.29 is 0 Å². The largest absolute Gasteiger partial charge is 0.237 e. The molecular formula is C11H16BrClN2. The van der Waals surface area contributed by atoms with E-state index < -0.39 is 0 Å². The lowest BCUT2D eigenvalue weighted by Crippen LogP contribution is -2.04. The molecule has 0 unspecified atom stereocenters. The third-order valence-corrected chi connectivity index (χ3v) is 3.34. The van der Waals surface area contributed by atoms with Crippen LogP contribution in [0.25, 0.3) is 0 Å². The molecule has 1 rings (SSSR count). The predicted molar refractivity (Wildman–Crippen MR) is 67.3 cm³/mol. The molecule has 1 aromatic heterocycles. The molecule has 0 aromatic carbocycles. The molecule has 0 fully saturated rings. The van der Waals surface area contributed by atoms with E-state index in [0.29, 0.717) is 11.1 Å². The normalized spacial score (nSPS) is 11.1. The van der Waals surface area contributed by atoms with Gasteiger partial charge in [-0.2, -0.15) is 0 Å². The lowest BCUT2D eigenvalue weighted by molar-refractivity contribution is 0.626. The Kier molecular flexibility index (Phi) is 5.00. The van der Waals surface area contributed by atoms with Gasteiger partial charge in [0.25, 0.3) is 0 Å². The van der Waals surface area contributed by atoms with Crippen LogP contribution in [0.4, 0.5) is 0 Å². The molecule has 1 heterocycles. The number of aromatic nitrogens is 2. The number of hydrogen-bond acceptors (Lipinski definition) is 2. The predicted octanol–water partition coefficient (Wildman–Crippen LogP) is 4.04. The number of rotatable bonds is 4. The molecule has 0 aliphatic heterocycles. The van der Waals surface area contributed by atoms with Crippen molar-refractivity contribution in [2.24, 2.45) is 5.92 Å². The van der Waals surface area contributed by atoms with E-state index in [9.17, 15) is 0 Å². The minimum atomic E-state index is 0.532. The number of hydrogen-bond donors (Lipinski definition) is 0. The zero-order chi connectivity index (χ0) is 11.4. The fraction of sp³-hybridized carbons (Fsp3) is 0.636. The highest BCUT2D eigenvalue weighted by Gasteiger charge is 2.11. The Morgan fingerprint density at radius 3 is 2.53 bits per heavy atom. The van der Waals surface area contributed by atoms with E-state index in [2.05, 4.69) is 46.7 Å². The lowest BCUT2D eigenvalue weighted by atomic mass is 10.1. The Morgan fingerprint density at radius 1 is 1.33 bits per heavy atom. The lowest BCUT2D eigenvalue weighted by Gasteiger charge is -2.09. The maximum Gasteiger partial charge on any atom is 0.147 e. The van der Waals surface area contributed by atoms with Gasteiger partial charge < -0.3 is 0 Å². The minimum absolute atomic E-state index is 0.532. The van der Waals surface area contributed by atoms with Crippen molar-refractivity contribution in [2.45, 2.75) is 40.0 Å². The molecule has 1 aromatic rings. The van der Waals surface area contributed by atoms with Crippen LogP contribution in [0.2, 0.25) is 5.15 Å². The molecule has 2 nitrogen and oxygen atoms in total. The highest BCUT2D eigenvalue weighted by Crippen LogP contribution is 2.25. The van der Waals surface area contributed by atoms with Crippen LogP contribution in [0.3, 0.4) is 0 Å². The maximum atomic E-state index is 6.04. The second-order valence-corrected chi connectivity index (χ2v) is 5.19. The molecule has 84 valence electrons. The highest BCUT2D eigenvalue weighted by molar-refractivity contribution is 9.10. The molecule has 0 saturated heterocycles. The van der Waals surface area contributed by atoms with E-state index >= 15 is 0 Å². The molecule has 4 heteroatoms. The second-order valence-electron chi connectivity index (χ2n) is 4.04. The first-order chi connectivity index (χ1) is 7.04. The average molecular weight is 292 g/mol. The van der Waals surface area contributed by atoms with Crippen LogP contribution in [0.15, 0.2) is 4.47 Å². The van der Waals surface area contributed by atoms with E-state index in [1.807, 2.05) is 0 Å². The van der Waals surface area contributed by atoms with Gasteiger partial charge in [-0.3, -0.25) is 0 Å². The fourth-order valence-electron chi connectivity index (χ4n) is 1.37. The van der Waals surface area contributed by atoms with Crippen LogP contribution in [0.5, 0.6) is 0 Å². The second kappa shape index (κ2) is 5.80. The summed E-state index contributed by atoms with van der Waals surface area (Å²) in [4.78, 5) is 8.76. The summed E-state index contributed by atoms with van der Waals surface area (Å²) in [6.07, 6.45) is 2.86. The van der Waals surface area contributed by atoms with Crippen LogP contribution >= 0.6 is 27.5 Å².